The second-order valence-electron chi connectivity index (χ2n) is 8.85. The monoisotopic (exact) mass is 478 g/mol. The van der Waals surface area contributed by atoms with E-state index in [1.807, 2.05) is 0 Å². The van der Waals surface area contributed by atoms with Crippen LogP contribution in [0.25, 0.3) is 0 Å². The number of methoxy groups -OCH3 is 1. The van der Waals surface area contributed by atoms with E-state index in [9.17, 15) is 18.0 Å². The molecule has 2 atom stereocenters. The summed E-state index contributed by atoms with van der Waals surface area (Å²) in [7, 11) is 1.33. The van der Waals surface area contributed by atoms with Crippen molar-refractivity contribution in [2.24, 2.45) is 5.92 Å². The maximum Gasteiger partial charge on any atom is 0.284 e. The first-order chi connectivity index (χ1) is 16.3. The maximum atomic E-state index is 14.0. The Morgan fingerprint density at radius 1 is 1.29 bits per heavy atom. The summed E-state index contributed by atoms with van der Waals surface area (Å²) in [4.78, 5) is 18.9. The number of likely N-dealkylation sites (tertiary alicyclic amines) is 1. The molecule has 0 bridgehead atoms. The first-order valence-electron chi connectivity index (χ1n) is 11.2. The lowest BCUT2D eigenvalue weighted by Crippen LogP contribution is -2.53. The number of benzene rings is 1. The van der Waals surface area contributed by atoms with E-state index in [1.54, 1.807) is 17.0 Å². The summed E-state index contributed by atoms with van der Waals surface area (Å²) in [5.41, 5.74) is -0.0594. The van der Waals surface area contributed by atoms with Gasteiger partial charge in [-0.1, -0.05) is 12.1 Å². The number of rotatable bonds is 7. The minimum absolute atomic E-state index is 0.0380. The molecule has 2 saturated heterocycles. The van der Waals surface area contributed by atoms with E-state index in [-0.39, 0.29) is 42.4 Å². The van der Waals surface area contributed by atoms with E-state index in [1.165, 1.54) is 31.4 Å². The SMILES string of the molecule is COc1nc(C(=O)N2CCC3(c4cccc(F)c4)OCOC3C2)ccc1OCC(F)(F)C1CC1. The molecule has 1 saturated carbocycles. The van der Waals surface area contributed by atoms with Crippen molar-refractivity contribution >= 4 is 5.91 Å². The lowest BCUT2D eigenvalue weighted by atomic mass is 9.82. The molecular formula is C24H25F3N2O5. The number of pyridine rings is 1. The number of carbonyl (C=O) groups is 1. The maximum absolute atomic E-state index is 14.0. The number of amides is 1. The van der Waals surface area contributed by atoms with Gasteiger partial charge in [-0.2, -0.15) is 0 Å². The van der Waals surface area contributed by atoms with Crippen molar-refractivity contribution in [2.45, 2.75) is 36.9 Å². The fourth-order valence-corrected chi connectivity index (χ4v) is 4.59. The van der Waals surface area contributed by atoms with Gasteiger partial charge in [-0.25, -0.2) is 18.2 Å². The summed E-state index contributed by atoms with van der Waals surface area (Å²) in [6, 6.07) is 9.05. The zero-order valence-electron chi connectivity index (χ0n) is 18.6. The summed E-state index contributed by atoms with van der Waals surface area (Å²) in [5.74, 6) is -4.28. The first-order valence-corrected chi connectivity index (χ1v) is 11.2. The molecule has 0 spiro atoms. The van der Waals surface area contributed by atoms with Crippen LogP contribution in [0.1, 0.15) is 35.3 Å². The van der Waals surface area contributed by atoms with Crippen LogP contribution in [0.5, 0.6) is 11.6 Å². The highest BCUT2D eigenvalue weighted by Crippen LogP contribution is 2.44. The molecule has 3 aliphatic rings. The Hall–Kier alpha value is -2.85. The van der Waals surface area contributed by atoms with Crippen LogP contribution >= 0.6 is 0 Å². The van der Waals surface area contributed by atoms with E-state index < -0.39 is 30.2 Å². The largest absolute Gasteiger partial charge is 0.482 e. The van der Waals surface area contributed by atoms with Crippen molar-refractivity contribution < 1.29 is 36.9 Å². The fraction of sp³-hybridized carbons (Fsp3) is 0.500. The van der Waals surface area contributed by atoms with E-state index in [2.05, 4.69) is 4.98 Å². The second-order valence-corrected chi connectivity index (χ2v) is 8.85. The molecular weight excluding hydrogens is 453 g/mol. The van der Waals surface area contributed by atoms with E-state index in [0.29, 0.717) is 31.4 Å². The summed E-state index contributed by atoms with van der Waals surface area (Å²) in [6.07, 6.45) is 0.930. The smallest absolute Gasteiger partial charge is 0.284 e. The van der Waals surface area contributed by atoms with Crippen LogP contribution in [0.3, 0.4) is 0 Å². The van der Waals surface area contributed by atoms with Gasteiger partial charge in [-0.3, -0.25) is 4.79 Å². The Bertz CT molecular complexity index is 1080. The van der Waals surface area contributed by atoms with Crippen LogP contribution in [0.4, 0.5) is 13.2 Å². The molecule has 7 nitrogen and oxygen atoms in total. The van der Waals surface area contributed by atoms with Crippen molar-refractivity contribution in [1.29, 1.82) is 0 Å². The number of hydrogen-bond donors (Lipinski definition) is 0. The van der Waals surface area contributed by atoms with Crippen molar-refractivity contribution in [3.63, 3.8) is 0 Å². The molecule has 1 aliphatic carbocycles. The molecule has 1 aromatic heterocycles. The molecule has 34 heavy (non-hydrogen) atoms. The number of aromatic nitrogens is 1. The van der Waals surface area contributed by atoms with Crippen molar-refractivity contribution in [3.05, 3.63) is 53.5 Å². The number of ether oxygens (including phenoxy) is 4. The number of hydrogen-bond acceptors (Lipinski definition) is 6. The quantitative estimate of drug-likeness (QED) is 0.604. The van der Waals surface area contributed by atoms with Gasteiger partial charge in [0.25, 0.3) is 17.7 Å². The van der Waals surface area contributed by atoms with Gasteiger partial charge in [0.1, 0.15) is 30.0 Å². The standard InChI is InChI=1S/C24H25F3N2O5/c1-31-21-19(32-13-24(26,27)15-5-6-15)8-7-18(28-21)22(30)29-10-9-23(20(12-29)33-14-34-23)16-3-2-4-17(25)11-16/h2-4,7-8,11,15,20H,5-6,9-10,12-14H2,1H3. The number of carbonyl (C=O) groups excluding carboxylic acids is 1. The van der Waals surface area contributed by atoms with Gasteiger partial charge in [0, 0.05) is 18.9 Å². The van der Waals surface area contributed by atoms with Gasteiger partial charge in [0.15, 0.2) is 12.4 Å². The zero-order valence-corrected chi connectivity index (χ0v) is 18.6. The molecule has 3 fully saturated rings. The Morgan fingerprint density at radius 2 is 2.12 bits per heavy atom. The highest BCUT2D eigenvalue weighted by Gasteiger charge is 2.51. The first kappa shape index (κ1) is 22.9. The number of nitrogens with zero attached hydrogens (tertiary/aromatic N) is 2. The third-order valence-corrected chi connectivity index (χ3v) is 6.68. The summed E-state index contributed by atoms with van der Waals surface area (Å²) < 4.78 is 63.9. The minimum Gasteiger partial charge on any atom is -0.482 e. The summed E-state index contributed by atoms with van der Waals surface area (Å²) >= 11 is 0. The molecule has 2 aromatic rings. The third-order valence-electron chi connectivity index (χ3n) is 6.68. The molecule has 5 rings (SSSR count). The molecule has 1 amide bonds. The Balaban J connectivity index is 1.29. The number of halogens is 3. The Morgan fingerprint density at radius 3 is 2.85 bits per heavy atom. The van der Waals surface area contributed by atoms with Crippen molar-refractivity contribution in [2.75, 3.05) is 33.6 Å². The van der Waals surface area contributed by atoms with Crippen LogP contribution in [-0.2, 0) is 15.1 Å². The van der Waals surface area contributed by atoms with Crippen LogP contribution in [0.2, 0.25) is 0 Å². The predicted octanol–water partition coefficient (Wildman–Crippen LogP) is 3.77. The minimum atomic E-state index is -2.91. The van der Waals surface area contributed by atoms with Crippen molar-refractivity contribution in [3.8, 4) is 11.6 Å². The Labute approximate surface area is 194 Å². The van der Waals surface area contributed by atoms with E-state index in [0.717, 1.165) is 0 Å². The molecule has 2 unspecified atom stereocenters. The molecule has 182 valence electrons. The van der Waals surface area contributed by atoms with Gasteiger partial charge in [-0.05, 0) is 42.7 Å². The Kier molecular flexibility index (Phi) is 5.89. The van der Waals surface area contributed by atoms with Crippen LogP contribution < -0.4 is 9.47 Å². The molecule has 0 radical (unpaired) electrons. The predicted molar refractivity (Wildman–Crippen MR) is 113 cm³/mol. The number of alkyl halides is 2. The molecule has 2 aliphatic heterocycles. The molecule has 10 heteroatoms. The van der Waals surface area contributed by atoms with Gasteiger partial charge in [0.2, 0.25) is 0 Å². The van der Waals surface area contributed by atoms with Gasteiger partial charge in [0.05, 0.1) is 13.7 Å². The summed E-state index contributed by atoms with van der Waals surface area (Å²) in [6.45, 7) is -0.153. The van der Waals surface area contributed by atoms with Gasteiger partial charge < -0.3 is 23.8 Å². The van der Waals surface area contributed by atoms with E-state index in [4.69, 9.17) is 18.9 Å². The van der Waals surface area contributed by atoms with Crippen LogP contribution in [0, 0.1) is 11.7 Å². The highest BCUT2D eigenvalue weighted by atomic mass is 19.3. The number of fused-ring (bicyclic) bond motifs is 1. The van der Waals surface area contributed by atoms with Gasteiger partial charge >= 0.3 is 0 Å². The topological polar surface area (TPSA) is 70.1 Å². The zero-order chi connectivity index (χ0) is 23.9. The lowest BCUT2D eigenvalue weighted by Gasteiger charge is -2.41. The molecule has 0 N–H and O–H groups in total. The average molecular weight is 478 g/mol. The van der Waals surface area contributed by atoms with Crippen LogP contribution in [-0.4, -0.2) is 61.4 Å². The van der Waals surface area contributed by atoms with Crippen LogP contribution in [0.15, 0.2) is 36.4 Å². The van der Waals surface area contributed by atoms with Crippen molar-refractivity contribution in [1.82, 2.24) is 9.88 Å². The summed E-state index contributed by atoms with van der Waals surface area (Å²) in [5, 5.41) is 0. The van der Waals surface area contributed by atoms with Gasteiger partial charge in [-0.15, -0.1) is 0 Å². The average Bonchev–Trinajstić information content (AvgIpc) is 3.62. The second kappa shape index (κ2) is 8.74. The van der Waals surface area contributed by atoms with E-state index >= 15 is 0 Å². The molecule has 1 aromatic carbocycles. The number of piperidine rings is 1. The lowest BCUT2D eigenvalue weighted by molar-refractivity contribution is -0.0608. The third kappa shape index (κ3) is 4.20. The fourth-order valence-electron chi connectivity index (χ4n) is 4.59. The highest BCUT2D eigenvalue weighted by molar-refractivity contribution is 5.92. The normalized spacial score (nSPS) is 24.6. The molecule has 3 heterocycles.